The molecular formula is C33H24N2. The van der Waals surface area contributed by atoms with Crippen LogP contribution in [0.2, 0.25) is 0 Å². The standard InChI is InChI=1S/C33H24N2/c1-33(2)23-15-9-17-25-29(23)31-27(34(25)21-11-5-3-6-12-21)19-20-28-32(31)30-24(33)16-10-18-26(30)35(28)22-13-7-4-8-14-22/h3-20H,1-2H3. The van der Waals surface area contributed by atoms with E-state index < -0.39 is 0 Å². The molecule has 35 heavy (non-hydrogen) atoms. The molecular weight excluding hydrogens is 424 g/mol. The minimum Gasteiger partial charge on any atom is -0.309 e. The molecule has 0 saturated carbocycles. The summed E-state index contributed by atoms with van der Waals surface area (Å²) < 4.78 is 4.90. The van der Waals surface area contributed by atoms with Gasteiger partial charge in [0, 0.05) is 38.3 Å². The van der Waals surface area contributed by atoms with Crippen LogP contribution in [-0.2, 0) is 5.41 Å². The maximum absolute atomic E-state index is 2.45. The number of benzene rings is 5. The van der Waals surface area contributed by atoms with Crippen LogP contribution < -0.4 is 0 Å². The van der Waals surface area contributed by atoms with Crippen molar-refractivity contribution in [1.82, 2.24) is 9.13 Å². The Morgan fingerprint density at radius 2 is 0.800 bits per heavy atom. The van der Waals surface area contributed by atoms with Crippen LogP contribution in [0.1, 0.15) is 25.0 Å². The minimum absolute atomic E-state index is 0.135. The Labute approximate surface area is 203 Å². The van der Waals surface area contributed by atoms with Gasteiger partial charge in [-0.25, -0.2) is 0 Å². The van der Waals surface area contributed by atoms with Crippen molar-refractivity contribution in [2.75, 3.05) is 0 Å². The Morgan fingerprint density at radius 1 is 0.400 bits per heavy atom. The predicted octanol–water partition coefficient (Wildman–Crippen LogP) is 8.52. The zero-order chi connectivity index (χ0) is 23.3. The third-order valence-electron chi connectivity index (χ3n) is 8.09. The van der Waals surface area contributed by atoms with Crippen molar-refractivity contribution in [3.05, 3.63) is 120 Å². The fraction of sp³-hybridized carbons (Fsp3) is 0.0909. The lowest BCUT2D eigenvalue weighted by molar-refractivity contribution is 0.654. The van der Waals surface area contributed by atoms with E-state index in [4.69, 9.17) is 0 Å². The number of para-hydroxylation sites is 2. The first kappa shape index (κ1) is 19.1. The molecule has 0 atom stereocenters. The van der Waals surface area contributed by atoms with Gasteiger partial charge < -0.3 is 9.13 Å². The Kier molecular flexibility index (Phi) is 3.50. The van der Waals surface area contributed by atoms with Crippen molar-refractivity contribution in [3.8, 4) is 11.4 Å². The van der Waals surface area contributed by atoms with Gasteiger partial charge in [-0.05, 0) is 59.7 Å². The van der Waals surface area contributed by atoms with E-state index in [1.54, 1.807) is 0 Å². The first-order chi connectivity index (χ1) is 17.2. The van der Waals surface area contributed by atoms with Gasteiger partial charge in [0.15, 0.2) is 0 Å². The van der Waals surface area contributed by atoms with Crippen LogP contribution in [0.4, 0.5) is 0 Å². The van der Waals surface area contributed by atoms with Gasteiger partial charge in [-0.1, -0.05) is 74.5 Å². The molecule has 5 aromatic carbocycles. The van der Waals surface area contributed by atoms with Gasteiger partial charge in [0.05, 0.1) is 22.1 Å². The van der Waals surface area contributed by atoms with E-state index in [0.29, 0.717) is 0 Å². The Bertz CT molecular complexity index is 1810. The molecule has 0 bridgehead atoms. The summed E-state index contributed by atoms with van der Waals surface area (Å²) in [6, 6.07) is 39.9. The SMILES string of the molecule is CC1(C)c2cccc3c2c2c4c5c1cccc5n(-c1ccccc1)c4ccc2n3-c1ccccc1. The van der Waals surface area contributed by atoms with Crippen molar-refractivity contribution >= 4 is 43.6 Å². The van der Waals surface area contributed by atoms with Crippen LogP contribution in [0, 0.1) is 0 Å². The molecule has 2 aromatic heterocycles. The molecule has 0 radical (unpaired) electrons. The second-order valence-corrected chi connectivity index (χ2v) is 10.2. The lowest BCUT2D eigenvalue weighted by Gasteiger charge is -2.27. The van der Waals surface area contributed by atoms with E-state index in [-0.39, 0.29) is 5.41 Å². The minimum atomic E-state index is -0.135. The van der Waals surface area contributed by atoms with E-state index in [2.05, 4.69) is 132 Å². The first-order valence-electron chi connectivity index (χ1n) is 12.3. The Hall–Kier alpha value is -4.30. The van der Waals surface area contributed by atoms with Gasteiger partial charge >= 0.3 is 0 Å². The molecule has 2 heterocycles. The highest BCUT2D eigenvalue weighted by Gasteiger charge is 2.34. The second-order valence-electron chi connectivity index (χ2n) is 10.2. The van der Waals surface area contributed by atoms with E-state index in [9.17, 15) is 0 Å². The van der Waals surface area contributed by atoms with Crippen LogP contribution in [0.3, 0.4) is 0 Å². The molecule has 0 fully saturated rings. The molecule has 1 aliphatic rings. The molecule has 0 aliphatic heterocycles. The molecule has 1 aliphatic carbocycles. The second kappa shape index (κ2) is 6.43. The first-order valence-corrected chi connectivity index (χ1v) is 12.3. The topological polar surface area (TPSA) is 9.86 Å². The summed E-state index contributed by atoms with van der Waals surface area (Å²) in [5, 5.41) is 5.50. The van der Waals surface area contributed by atoms with Crippen LogP contribution in [0.5, 0.6) is 0 Å². The van der Waals surface area contributed by atoms with Gasteiger partial charge in [0.25, 0.3) is 0 Å². The van der Waals surface area contributed by atoms with Crippen LogP contribution >= 0.6 is 0 Å². The summed E-state index contributed by atoms with van der Waals surface area (Å²) in [4.78, 5) is 0. The highest BCUT2D eigenvalue weighted by Crippen LogP contribution is 2.51. The molecule has 166 valence electrons. The van der Waals surface area contributed by atoms with Crippen molar-refractivity contribution in [2.24, 2.45) is 0 Å². The highest BCUT2D eigenvalue weighted by molar-refractivity contribution is 6.31. The predicted molar refractivity (Wildman–Crippen MR) is 147 cm³/mol. The van der Waals surface area contributed by atoms with Gasteiger partial charge in [-0.3, -0.25) is 0 Å². The summed E-state index contributed by atoms with van der Waals surface area (Å²) >= 11 is 0. The lowest BCUT2D eigenvalue weighted by atomic mass is 9.76. The molecule has 0 saturated heterocycles. The number of hydrogen-bond donors (Lipinski definition) is 0. The van der Waals surface area contributed by atoms with E-state index in [1.165, 1.54) is 66.1 Å². The number of hydrogen-bond acceptors (Lipinski definition) is 0. The fourth-order valence-corrected chi connectivity index (χ4v) is 6.59. The molecule has 0 unspecified atom stereocenters. The van der Waals surface area contributed by atoms with Crippen molar-refractivity contribution in [1.29, 1.82) is 0 Å². The van der Waals surface area contributed by atoms with E-state index in [1.807, 2.05) is 0 Å². The van der Waals surface area contributed by atoms with Crippen LogP contribution in [-0.4, -0.2) is 9.13 Å². The number of aromatic nitrogens is 2. The van der Waals surface area contributed by atoms with Gasteiger partial charge in [0.2, 0.25) is 0 Å². The van der Waals surface area contributed by atoms with Gasteiger partial charge in [0.1, 0.15) is 0 Å². The van der Waals surface area contributed by atoms with Crippen molar-refractivity contribution in [2.45, 2.75) is 19.3 Å². The molecule has 0 N–H and O–H groups in total. The summed E-state index contributed by atoms with van der Waals surface area (Å²) in [5.74, 6) is 0. The quantitative estimate of drug-likeness (QED) is 0.251. The molecule has 8 rings (SSSR count). The third-order valence-corrected chi connectivity index (χ3v) is 8.09. The summed E-state index contributed by atoms with van der Waals surface area (Å²) in [7, 11) is 0. The Morgan fingerprint density at radius 3 is 1.23 bits per heavy atom. The fourth-order valence-electron chi connectivity index (χ4n) is 6.59. The average Bonchev–Trinajstić information content (AvgIpc) is 3.39. The molecule has 2 nitrogen and oxygen atoms in total. The number of nitrogens with zero attached hydrogens (tertiary/aromatic N) is 2. The largest absolute Gasteiger partial charge is 0.309 e. The lowest BCUT2D eigenvalue weighted by Crippen LogP contribution is -2.19. The Balaban J connectivity index is 1.71. The van der Waals surface area contributed by atoms with Crippen molar-refractivity contribution in [3.63, 3.8) is 0 Å². The normalized spacial score (nSPS) is 14.2. The van der Waals surface area contributed by atoms with E-state index in [0.717, 1.165) is 0 Å². The van der Waals surface area contributed by atoms with E-state index >= 15 is 0 Å². The zero-order valence-electron chi connectivity index (χ0n) is 19.8. The molecule has 2 heteroatoms. The summed E-state index contributed by atoms with van der Waals surface area (Å²) in [6.45, 7) is 4.78. The molecule has 7 aromatic rings. The third kappa shape index (κ3) is 2.25. The summed E-state index contributed by atoms with van der Waals surface area (Å²) in [5.41, 5.74) is 10.2. The maximum atomic E-state index is 2.45. The van der Waals surface area contributed by atoms with Crippen LogP contribution in [0.25, 0.3) is 55.0 Å². The smallest absolute Gasteiger partial charge is 0.0549 e. The highest BCUT2D eigenvalue weighted by atomic mass is 15.0. The van der Waals surface area contributed by atoms with Gasteiger partial charge in [-0.2, -0.15) is 0 Å². The number of rotatable bonds is 2. The average molecular weight is 449 g/mol. The zero-order valence-corrected chi connectivity index (χ0v) is 19.8. The molecule has 0 amide bonds. The summed E-state index contributed by atoms with van der Waals surface area (Å²) in [6.07, 6.45) is 0. The van der Waals surface area contributed by atoms with Crippen molar-refractivity contribution < 1.29 is 0 Å². The monoisotopic (exact) mass is 448 g/mol. The van der Waals surface area contributed by atoms with Crippen LogP contribution in [0.15, 0.2) is 109 Å². The van der Waals surface area contributed by atoms with Gasteiger partial charge in [-0.15, -0.1) is 0 Å². The maximum Gasteiger partial charge on any atom is 0.0549 e. The molecule has 0 spiro atoms.